The molecule has 0 radical (unpaired) electrons. The lowest BCUT2D eigenvalue weighted by Crippen LogP contribution is -2.31. The van der Waals surface area contributed by atoms with Crippen molar-refractivity contribution in [2.24, 2.45) is 0 Å². The number of rotatable bonds is 9. The van der Waals surface area contributed by atoms with E-state index in [9.17, 15) is 23.6 Å². The lowest BCUT2D eigenvalue weighted by atomic mass is 10.0. The van der Waals surface area contributed by atoms with Crippen molar-refractivity contribution in [3.63, 3.8) is 0 Å². The van der Waals surface area contributed by atoms with Crippen molar-refractivity contribution in [2.45, 2.75) is 18.9 Å². The standard InChI is InChI=1S/C23H23FN2O6/c1-31-11-3-10-26-22(29)17-9-6-15(12-18(17)23(26)30)21(28)25-19(13-20(27)32-2)14-4-7-16(24)8-5-14/h4-9,12,19H,3,10-11,13H2,1-2H3,(H,25,28). The molecular weight excluding hydrogens is 419 g/mol. The second-order valence-corrected chi connectivity index (χ2v) is 7.23. The zero-order chi connectivity index (χ0) is 23.3. The van der Waals surface area contributed by atoms with E-state index in [4.69, 9.17) is 9.47 Å². The fourth-order valence-electron chi connectivity index (χ4n) is 3.44. The van der Waals surface area contributed by atoms with Gasteiger partial charge in [0, 0.05) is 25.8 Å². The van der Waals surface area contributed by atoms with E-state index in [-0.39, 0.29) is 29.7 Å². The quantitative estimate of drug-likeness (QED) is 0.364. The van der Waals surface area contributed by atoms with Crippen molar-refractivity contribution in [3.8, 4) is 0 Å². The fraction of sp³-hybridized carbons (Fsp3) is 0.304. The first-order valence-corrected chi connectivity index (χ1v) is 9.98. The molecule has 0 spiro atoms. The molecule has 0 aliphatic carbocycles. The van der Waals surface area contributed by atoms with Crippen molar-refractivity contribution in [2.75, 3.05) is 27.4 Å². The van der Waals surface area contributed by atoms with Gasteiger partial charge in [-0.2, -0.15) is 0 Å². The van der Waals surface area contributed by atoms with Crippen molar-refractivity contribution in [3.05, 3.63) is 70.5 Å². The number of halogens is 1. The first-order chi connectivity index (χ1) is 15.3. The van der Waals surface area contributed by atoms with Gasteiger partial charge < -0.3 is 14.8 Å². The molecule has 2 aromatic carbocycles. The molecule has 0 saturated heterocycles. The molecule has 1 unspecified atom stereocenters. The molecule has 0 bridgehead atoms. The third-order valence-corrected chi connectivity index (χ3v) is 5.14. The van der Waals surface area contributed by atoms with Crippen molar-refractivity contribution in [1.29, 1.82) is 0 Å². The van der Waals surface area contributed by atoms with Gasteiger partial charge in [0.05, 0.1) is 30.7 Å². The number of nitrogens with zero attached hydrogens (tertiary/aromatic N) is 1. The molecule has 3 rings (SSSR count). The molecule has 2 aromatic rings. The normalized spacial score (nSPS) is 13.7. The van der Waals surface area contributed by atoms with Gasteiger partial charge in [-0.05, 0) is 42.3 Å². The fourth-order valence-corrected chi connectivity index (χ4v) is 3.44. The Labute approximate surface area is 184 Å². The Kier molecular flexibility index (Phi) is 7.32. The Morgan fingerprint density at radius 3 is 2.38 bits per heavy atom. The number of fused-ring (bicyclic) bond motifs is 1. The highest BCUT2D eigenvalue weighted by Crippen LogP contribution is 2.25. The van der Waals surface area contributed by atoms with Gasteiger partial charge in [-0.3, -0.25) is 24.1 Å². The van der Waals surface area contributed by atoms with Crippen LogP contribution in [0.1, 0.15) is 55.5 Å². The number of benzene rings is 2. The lowest BCUT2D eigenvalue weighted by Gasteiger charge is -2.18. The van der Waals surface area contributed by atoms with Crippen LogP contribution in [0.5, 0.6) is 0 Å². The van der Waals surface area contributed by atoms with Crippen LogP contribution in [-0.4, -0.2) is 56.0 Å². The number of hydrogen-bond acceptors (Lipinski definition) is 6. The Balaban J connectivity index is 1.80. The summed E-state index contributed by atoms with van der Waals surface area (Å²) in [6.07, 6.45) is 0.339. The molecule has 1 aliphatic rings. The average Bonchev–Trinajstić information content (AvgIpc) is 3.03. The van der Waals surface area contributed by atoms with Crippen molar-refractivity contribution >= 4 is 23.7 Å². The number of nitrogens with one attached hydrogen (secondary N) is 1. The van der Waals surface area contributed by atoms with Crippen LogP contribution in [0, 0.1) is 5.82 Å². The minimum Gasteiger partial charge on any atom is -0.469 e. The predicted molar refractivity (Wildman–Crippen MR) is 112 cm³/mol. The summed E-state index contributed by atoms with van der Waals surface area (Å²) in [5.41, 5.74) is 1.04. The van der Waals surface area contributed by atoms with Crippen LogP contribution < -0.4 is 5.32 Å². The molecule has 1 atom stereocenters. The molecule has 9 heteroatoms. The van der Waals surface area contributed by atoms with Gasteiger partial charge in [0.1, 0.15) is 5.82 Å². The third kappa shape index (κ3) is 5.00. The molecule has 1 aliphatic heterocycles. The van der Waals surface area contributed by atoms with Gasteiger partial charge in [0.2, 0.25) is 0 Å². The van der Waals surface area contributed by atoms with Gasteiger partial charge in [0.15, 0.2) is 0 Å². The second kappa shape index (κ2) is 10.1. The van der Waals surface area contributed by atoms with Crippen LogP contribution in [0.25, 0.3) is 0 Å². The summed E-state index contributed by atoms with van der Waals surface area (Å²) in [5, 5.41) is 2.72. The highest BCUT2D eigenvalue weighted by molar-refractivity contribution is 6.22. The summed E-state index contributed by atoms with van der Waals surface area (Å²) in [6, 6.07) is 8.85. The van der Waals surface area contributed by atoms with Crippen LogP contribution in [0.4, 0.5) is 4.39 Å². The van der Waals surface area contributed by atoms with Gasteiger partial charge in [-0.15, -0.1) is 0 Å². The van der Waals surface area contributed by atoms with Crippen molar-refractivity contribution in [1.82, 2.24) is 10.2 Å². The largest absolute Gasteiger partial charge is 0.469 e. The molecule has 3 amide bonds. The number of carbonyl (C=O) groups is 4. The maximum atomic E-state index is 13.3. The minimum absolute atomic E-state index is 0.145. The number of ether oxygens (including phenoxy) is 2. The van der Waals surface area contributed by atoms with Gasteiger partial charge in [-0.1, -0.05) is 12.1 Å². The summed E-state index contributed by atoms with van der Waals surface area (Å²) in [5.74, 6) is -2.44. The van der Waals surface area contributed by atoms with Crippen LogP contribution in [0.3, 0.4) is 0 Å². The van der Waals surface area contributed by atoms with Gasteiger partial charge in [-0.25, -0.2) is 4.39 Å². The van der Waals surface area contributed by atoms with E-state index in [1.807, 2.05) is 0 Å². The summed E-state index contributed by atoms with van der Waals surface area (Å²) < 4.78 is 22.9. The lowest BCUT2D eigenvalue weighted by molar-refractivity contribution is -0.141. The van der Waals surface area contributed by atoms with E-state index >= 15 is 0 Å². The Hall–Kier alpha value is -3.59. The number of esters is 1. The molecule has 8 nitrogen and oxygen atoms in total. The van der Waals surface area contributed by atoms with Gasteiger partial charge >= 0.3 is 5.97 Å². The van der Waals surface area contributed by atoms with Crippen LogP contribution in [0.2, 0.25) is 0 Å². The zero-order valence-electron chi connectivity index (χ0n) is 17.7. The SMILES string of the molecule is COCCCN1C(=O)c2ccc(C(=O)NC(CC(=O)OC)c3ccc(F)cc3)cc2C1=O. The van der Waals surface area contributed by atoms with Crippen LogP contribution in [0.15, 0.2) is 42.5 Å². The van der Waals surface area contributed by atoms with Crippen LogP contribution in [-0.2, 0) is 14.3 Å². The molecule has 1 N–H and O–H groups in total. The van der Waals surface area contributed by atoms with Crippen molar-refractivity contribution < 1.29 is 33.0 Å². The highest BCUT2D eigenvalue weighted by atomic mass is 19.1. The first-order valence-electron chi connectivity index (χ1n) is 9.98. The molecule has 0 aromatic heterocycles. The topological polar surface area (TPSA) is 102 Å². The molecular formula is C23H23FN2O6. The number of amides is 3. The summed E-state index contributed by atoms with van der Waals surface area (Å²) in [7, 11) is 2.76. The smallest absolute Gasteiger partial charge is 0.307 e. The van der Waals surface area contributed by atoms with E-state index in [0.717, 1.165) is 4.90 Å². The Morgan fingerprint density at radius 1 is 1.03 bits per heavy atom. The zero-order valence-corrected chi connectivity index (χ0v) is 17.7. The summed E-state index contributed by atoms with van der Waals surface area (Å²) in [4.78, 5) is 51.0. The van der Waals surface area contributed by atoms with E-state index in [1.165, 1.54) is 56.7 Å². The number of hydrogen-bond donors (Lipinski definition) is 1. The molecule has 168 valence electrons. The third-order valence-electron chi connectivity index (χ3n) is 5.14. The molecule has 1 heterocycles. The highest BCUT2D eigenvalue weighted by Gasteiger charge is 2.35. The van der Waals surface area contributed by atoms with E-state index in [0.29, 0.717) is 18.6 Å². The first kappa shape index (κ1) is 23.1. The number of methoxy groups -OCH3 is 2. The van der Waals surface area contributed by atoms with Gasteiger partial charge in [0.25, 0.3) is 17.7 Å². The Bertz CT molecular complexity index is 1040. The number of imide groups is 1. The summed E-state index contributed by atoms with van der Waals surface area (Å²) >= 11 is 0. The molecule has 0 saturated carbocycles. The molecule has 0 fully saturated rings. The maximum Gasteiger partial charge on any atom is 0.307 e. The predicted octanol–water partition coefficient (Wildman–Crippen LogP) is 2.49. The van der Waals surface area contributed by atoms with Crippen LogP contribution >= 0.6 is 0 Å². The summed E-state index contributed by atoms with van der Waals surface area (Å²) in [6.45, 7) is 0.625. The van der Waals surface area contributed by atoms with E-state index in [1.54, 1.807) is 0 Å². The number of carbonyl (C=O) groups excluding carboxylic acids is 4. The Morgan fingerprint density at radius 2 is 1.72 bits per heavy atom. The van der Waals surface area contributed by atoms with E-state index < -0.39 is 35.5 Å². The van der Waals surface area contributed by atoms with E-state index in [2.05, 4.69) is 5.32 Å². The monoisotopic (exact) mass is 442 g/mol. The maximum absolute atomic E-state index is 13.3. The average molecular weight is 442 g/mol. The molecule has 32 heavy (non-hydrogen) atoms. The minimum atomic E-state index is -0.772. The second-order valence-electron chi connectivity index (χ2n) is 7.23.